The number of para-hydroxylation sites is 2. The number of imidazole rings is 2. The van der Waals surface area contributed by atoms with Crippen molar-refractivity contribution in [3.8, 4) is 0 Å². The van der Waals surface area contributed by atoms with Gasteiger partial charge in [-0.05, 0) is 128 Å². The Bertz CT molecular complexity index is 1510. The fourth-order valence-electron chi connectivity index (χ4n) is 6.70. The molecular formula is C31H40Br2N6O2. The van der Waals surface area contributed by atoms with Gasteiger partial charge in [0.15, 0.2) is 0 Å². The van der Waals surface area contributed by atoms with Gasteiger partial charge in [0.2, 0.25) is 0 Å². The van der Waals surface area contributed by atoms with Crippen LogP contribution in [0.3, 0.4) is 0 Å². The summed E-state index contributed by atoms with van der Waals surface area (Å²) in [5, 5.41) is 9.69. The van der Waals surface area contributed by atoms with Gasteiger partial charge in [0.25, 0.3) is 0 Å². The molecule has 0 radical (unpaired) electrons. The van der Waals surface area contributed by atoms with E-state index in [1.54, 1.807) is 4.90 Å². The maximum absolute atomic E-state index is 11.8. The number of benzene rings is 2. The first-order valence-corrected chi connectivity index (χ1v) is 16.1. The summed E-state index contributed by atoms with van der Waals surface area (Å²) < 4.78 is 6.57. The molecule has 6 rings (SSSR count). The van der Waals surface area contributed by atoms with E-state index in [4.69, 9.17) is 5.73 Å². The number of carboxylic acid groups (broad SMARTS) is 1. The van der Waals surface area contributed by atoms with Crippen LogP contribution in [0.5, 0.6) is 0 Å². The minimum Gasteiger partial charge on any atom is -0.465 e. The molecule has 3 N–H and O–H groups in total. The predicted octanol–water partition coefficient (Wildman–Crippen LogP) is 8.30. The molecule has 1 amide bonds. The second-order valence-electron chi connectivity index (χ2n) is 12.4. The van der Waals surface area contributed by atoms with Crippen molar-refractivity contribution in [2.45, 2.75) is 102 Å². The number of nitrogens with zero attached hydrogens (tertiary/aromatic N) is 5. The average molecular weight is 689 g/mol. The lowest BCUT2D eigenvalue weighted by Gasteiger charge is -2.43. The molecule has 2 aromatic carbocycles. The largest absolute Gasteiger partial charge is 0.465 e. The molecule has 10 heteroatoms. The summed E-state index contributed by atoms with van der Waals surface area (Å²) in [6.07, 6.45) is 11.5. The monoisotopic (exact) mass is 686 g/mol. The number of carbonyl (C=O) groups is 1. The number of fused-ring (bicyclic) bond motifs is 2. The van der Waals surface area contributed by atoms with Crippen LogP contribution in [-0.2, 0) is 0 Å². The Morgan fingerprint density at radius 1 is 0.878 bits per heavy atom. The van der Waals surface area contributed by atoms with Crippen molar-refractivity contribution >= 4 is 60.0 Å². The molecule has 0 bridgehead atoms. The zero-order chi connectivity index (χ0) is 29.3. The van der Waals surface area contributed by atoms with E-state index >= 15 is 0 Å². The molecule has 2 aliphatic rings. The van der Waals surface area contributed by atoms with Gasteiger partial charge in [0, 0.05) is 38.7 Å². The highest BCUT2D eigenvalue weighted by molar-refractivity contribution is 9.11. The number of amides is 1. The topological polar surface area (TPSA) is 102 Å². The SMILES string of the molecule is CC(C)(C)N(C(=O)O)[C@@H]1CCC[C@H](n2cnc3c(Br)cccc32)C1.N[C@@H]1CCC[C@H](n2cnc3c(Br)cccc32)C1. The Morgan fingerprint density at radius 2 is 1.39 bits per heavy atom. The minimum absolute atomic E-state index is 0.0471. The predicted molar refractivity (Wildman–Crippen MR) is 171 cm³/mol. The van der Waals surface area contributed by atoms with E-state index in [1.165, 1.54) is 18.4 Å². The number of rotatable bonds is 3. The van der Waals surface area contributed by atoms with Crippen molar-refractivity contribution in [2.24, 2.45) is 5.73 Å². The quantitative estimate of drug-likeness (QED) is 0.226. The van der Waals surface area contributed by atoms with Crippen molar-refractivity contribution in [1.29, 1.82) is 0 Å². The molecule has 2 aliphatic carbocycles. The Balaban J connectivity index is 0.000000174. The highest BCUT2D eigenvalue weighted by Gasteiger charge is 2.37. The third kappa shape index (κ3) is 6.49. The molecule has 0 unspecified atom stereocenters. The van der Waals surface area contributed by atoms with Crippen molar-refractivity contribution < 1.29 is 9.90 Å². The molecule has 4 aromatic rings. The van der Waals surface area contributed by atoms with E-state index < -0.39 is 11.6 Å². The first-order valence-electron chi connectivity index (χ1n) is 14.5. The minimum atomic E-state index is -0.827. The lowest BCUT2D eigenvalue weighted by Crippen LogP contribution is -2.52. The molecule has 4 atom stereocenters. The van der Waals surface area contributed by atoms with Crippen molar-refractivity contribution in [2.75, 3.05) is 0 Å². The highest BCUT2D eigenvalue weighted by atomic mass is 79.9. The summed E-state index contributed by atoms with van der Waals surface area (Å²) in [5.41, 5.74) is 9.99. The van der Waals surface area contributed by atoms with E-state index in [-0.39, 0.29) is 12.1 Å². The van der Waals surface area contributed by atoms with Crippen LogP contribution in [0.25, 0.3) is 22.1 Å². The zero-order valence-corrected chi connectivity index (χ0v) is 27.2. The van der Waals surface area contributed by atoms with Gasteiger partial charge in [-0.1, -0.05) is 12.1 Å². The van der Waals surface area contributed by atoms with Crippen LogP contribution in [0, 0.1) is 0 Å². The van der Waals surface area contributed by atoms with Crippen LogP contribution < -0.4 is 5.73 Å². The molecule has 2 aromatic heterocycles. The molecular weight excluding hydrogens is 648 g/mol. The Labute approximate surface area is 258 Å². The summed E-state index contributed by atoms with van der Waals surface area (Å²) >= 11 is 7.10. The molecule has 41 heavy (non-hydrogen) atoms. The maximum Gasteiger partial charge on any atom is 0.407 e. The number of halogens is 2. The number of hydrogen-bond donors (Lipinski definition) is 2. The first kappa shape index (κ1) is 30.0. The van der Waals surface area contributed by atoms with Crippen LogP contribution >= 0.6 is 31.9 Å². The van der Waals surface area contributed by atoms with Gasteiger partial charge >= 0.3 is 6.09 Å². The third-order valence-electron chi connectivity index (χ3n) is 8.50. The summed E-state index contributed by atoms with van der Waals surface area (Å²) in [6.45, 7) is 5.90. The molecule has 2 saturated carbocycles. The summed E-state index contributed by atoms with van der Waals surface area (Å²) in [5.74, 6) is 0. The van der Waals surface area contributed by atoms with Gasteiger partial charge < -0.3 is 24.9 Å². The van der Waals surface area contributed by atoms with Gasteiger partial charge in [-0.3, -0.25) is 0 Å². The van der Waals surface area contributed by atoms with E-state index in [2.05, 4.69) is 69.2 Å². The maximum atomic E-state index is 11.8. The van der Waals surface area contributed by atoms with E-state index in [9.17, 15) is 9.90 Å². The number of hydrogen-bond acceptors (Lipinski definition) is 4. The molecule has 0 spiro atoms. The van der Waals surface area contributed by atoms with E-state index in [0.717, 1.165) is 64.0 Å². The van der Waals surface area contributed by atoms with Crippen LogP contribution in [0.15, 0.2) is 58.0 Å². The van der Waals surface area contributed by atoms with E-state index in [0.29, 0.717) is 12.1 Å². The van der Waals surface area contributed by atoms with Gasteiger partial charge in [0.05, 0.1) is 23.7 Å². The molecule has 0 aliphatic heterocycles. The summed E-state index contributed by atoms with van der Waals surface area (Å²) in [6, 6.07) is 13.5. The smallest absolute Gasteiger partial charge is 0.407 e. The van der Waals surface area contributed by atoms with E-state index in [1.807, 2.05) is 51.6 Å². The highest BCUT2D eigenvalue weighted by Crippen LogP contribution is 2.37. The summed E-state index contributed by atoms with van der Waals surface area (Å²) in [7, 11) is 0. The van der Waals surface area contributed by atoms with Gasteiger partial charge in [-0.15, -0.1) is 0 Å². The third-order valence-corrected chi connectivity index (χ3v) is 9.78. The first-order chi connectivity index (χ1) is 19.5. The van der Waals surface area contributed by atoms with Gasteiger partial charge in [0.1, 0.15) is 11.0 Å². The molecule has 8 nitrogen and oxygen atoms in total. The second kappa shape index (κ2) is 12.4. The van der Waals surface area contributed by atoms with Crippen LogP contribution in [0.1, 0.15) is 84.2 Å². The average Bonchev–Trinajstić information content (AvgIpc) is 3.55. The fourth-order valence-corrected chi connectivity index (χ4v) is 7.61. The number of nitrogens with two attached hydrogens (primary N) is 1. The molecule has 0 saturated heterocycles. The van der Waals surface area contributed by atoms with Crippen molar-refractivity contribution in [1.82, 2.24) is 24.0 Å². The Hall–Kier alpha value is -2.43. The standard InChI is InChI=1S/C18H24BrN3O2.C13H16BrN3/c1-18(2,3)22(17(23)24)13-7-4-6-12(10-13)21-11-20-16-14(19)8-5-9-15(16)21;14-11-5-2-6-12-13(11)16-8-17(12)10-4-1-3-9(15)7-10/h5,8-9,11-13H,4,6-7,10H2,1-3H3,(H,23,24);2,5-6,8-10H,1,3-4,7,15H2/t12-,13+;9-,10+/m01/s1. The van der Waals surface area contributed by atoms with Gasteiger partial charge in [-0.2, -0.15) is 0 Å². The lowest BCUT2D eigenvalue weighted by atomic mass is 9.87. The number of aromatic nitrogens is 4. The van der Waals surface area contributed by atoms with Crippen molar-refractivity contribution in [3.63, 3.8) is 0 Å². The lowest BCUT2D eigenvalue weighted by molar-refractivity contribution is 0.0489. The van der Waals surface area contributed by atoms with Gasteiger partial charge in [-0.25, -0.2) is 14.8 Å². The summed E-state index contributed by atoms with van der Waals surface area (Å²) in [4.78, 5) is 22.5. The van der Waals surface area contributed by atoms with Crippen LogP contribution in [0.4, 0.5) is 4.79 Å². The fraction of sp³-hybridized carbons (Fsp3) is 0.516. The second-order valence-corrected chi connectivity index (χ2v) is 14.1. The van der Waals surface area contributed by atoms with Crippen LogP contribution in [0.2, 0.25) is 0 Å². The molecule has 2 heterocycles. The Kier molecular flexibility index (Phi) is 9.11. The normalized spacial score (nSPS) is 23.3. The van der Waals surface area contributed by atoms with Crippen molar-refractivity contribution in [3.05, 3.63) is 58.0 Å². The van der Waals surface area contributed by atoms with Crippen LogP contribution in [-0.4, -0.2) is 52.8 Å². The zero-order valence-electron chi connectivity index (χ0n) is 24.0. The molecule has 2 fully saturated rings. The Morgan fingerprint density at radius 3 is 1.88 bits per heavy atom. The molecule has 220 valence electrons.